The van der Waals surface area contributed by atoms with E-state index in [-0.39, 0.29) is 18.2 Å². The molecule has 0 aliphatic rings. The lowest BCUT2D eigenvalue weighted by molar-refractivity contribution is 0.101. The first-order valence-corrected chi connectivity index (χ1v) is 8.46. The Labute approximate surface area is 156 Å². The van der Waals surface area contributed by atoms with Gasteiger partial charge in [0.1, 0.15) is 5.69 Å². The van der Waals surface area contributed by atoms with E-state index in [4.69, 9.17) is 16.3 Å². The second-order valence-corrected chi connectivity index (χ2v) is 6.34. The number of ether oxygens (including phenoxy) is 1. The summed E-state index contributed by atoms with van der Waals surface area (Å²) in [5.74, 6) is -0.360. The maximum Gasteiger partial charge on any atom is 0.278 e. The van der Waals surface area contributed by atoms with Crippen LogP contribution in [0.2, 0.25) is 5.02 Å². The largest absolute Gasteiger partial charge is 0.378 e. The minimum Gasteiger partial charge on any atom is -0.378 e. The first-order chi connectivity index (χ1) is 12.5. The van der Waals surface area contributed by atoms with Gasteiger partial charge in [0.25, 0.3) is 5.91 Å². The maximum absolute atomic E-state index is 12.8. The molecule has 3 rings (SSSR count). The number of carbonyl (C=O) groups is 1. The third-order valence-corrected chi connectivity index (χ3v) is 4.43. The van der Waals surface area contributed by atoms with Gasteiger partial charge in [-0.2, -0.15) is 0 Å². The van der Waals surface area contributed by atoms with Gasteiger partial charge in [0.2, 0.25) is 0 Å². The first-order valence-electron chi connectivity index (χ1n) is 8.08. The minimum absolute atomic E-state index is 0.207. The van der Waals surface area contributed by atoms with Gasteiger partial charge in [-0.1, -0.05) is 35.0 Å². The molecule has 0 saturated heterocycles. The fourth-order valence-electron chi connectivity index (χ4n) is 2.64. The van der Waals surface area contributed by atoms with Crippen molar-refractivity contribution in [1.29, 1.82) is 0 Å². The molecule has 1 aromatic heterocycles. The number of amides is 1. The number of carbonyl (C=O) groups excluding carboxylic acids is 1. The van der Waals surface area contributed by atoms with E-state index in [1.807, 2.05) is 38.1 Å². The Hall–Kier alpha value is -2.70. The molecular weight excluding hydrogens is 352 g/mol. The number of nitrogens with one attached hydrogen (secondary N) is 1. The van der Waals surface area contributed by atoms with Crippen LogP contribution < -0.4 is 5.32 Å². The minimum atomic E-state index is -0.360. The van der Waals surface area contributed by atoms with Gasteiger partial charge in [-0.15, -0.1) is 5.10 Å². The zero-order valence-electron chi connectivity index (χ0n) is 14.8. The molecule has 0 aliphatic heterocycles. The van der Waals surface area contributed by atoms with Gasteiger partial charge in [-0.3, -0.25) is 4.79 Å². The summed E-state index contributed by atoms with van der Waals surface area (Å²) < 4.78 is 6.88. The average molecular weight is 371 g/mol. The molecule has 0 bridgehead atoms. The van der Waals surface area contributed by atoms with Gasteiger partial charge in [0.05, 0.1) is 12.3 Å². The molecule has 6 nitrogen and oxygen atoms in total. The summed E-state index contributed by atoms with van der Waals surface area (Å²) in [5.41, 5.74) is 4.13. The van der Waals surface area contributed by atoms with Crippen molar-refractivity contribution in [3.8, 4) is 5.69 Å². The Morgan fingerprint density at radius 2 is 2.00 bits per heavy atom. The SMILES string of the molecule is COCc1c(C(=O)Nc2cccc(Cl)c2C)nnn1-c1cccc(C)c1. The predicted molar refractivity (Wildman–Crippen MR) is 101 cm³/mol. The molecule has 0 saturated carbocycles. The summed E-state index contributed by atoms with van der Waals surface area (Å²) in [4.78, 5) is 12.8. The number of aryl methyl sites for hydroxylation is 1. The molecule has 2 aromatic carbocycles. The number of halogens is 1. The van der Waals surface area contributed by atoms with Crippen molar-refractivity contribution in [2.24, 2.45) is 0 Å². The van der Waals surface area contributed by atoms with Crippen molar-refractivity contribution in [2.45, 2.75) is 20.5 Å². The lowest BCUT2D eigenvalue weighted by Gasteiger charge is -2.10. The highest BCUT2D eigenvalue weighted by molar-refractivity contribution is 6.31. The molecule has 3 aromatic rings. The highest BCUT2D eigenvalue weighted by Gasteiger charge is 2.21. The van der Waals surface area contributed by atoms with Gasteiger partial charge in [-0.25, -0.2) is 4.68 Å². The average Bonchev–Trinajstić information content (AvgIpc) is 3.03. The third kappa shape index (κ3) is 3.61. The van der Waals surface area contributed by atoms with Gasteiger partial charge in [-0.05, 0) is 49.2 Å². The van der Waals surface area contributed by atoms with Crippen molar-refractivity contribution < 1.29 is 9.53 Å². The molecular formula is C19H19ClN4O2. The van der Waals surface area contributed by atoms with Crippen molar-refractivity contribution in [3.05, 3.63) is 70.0 Å². The molecule has 0 aliphatic carbocycles. The topological polar surface area (TPSA) is 69.0 Å². The van der Waals surface area contributed by atoms with E-state index in [1.54, 1.807) is 30.0 Å². The van der Waals surface area contributed by atoms with E-state index in [0.717, 1.165) is 16.8 Å². The van der Waals surface area contributed by atoms with Crippen LogP contribution >= 0.6 is 11.6 Å². The monoisotopic (exact) mass is 370 g/mol. The fraction of sp³-hybridized carbons (Fsp3) is 0.211. The second-order valence-electron chi connectivity index (χ2n) is 5.94. The summed E-state index contributed by atoms with van der Waals surface area (Å²) in [7, 11) is 1.57. The van der Waals surface area contributed by atoms with E-state index >= 15 is 0 Å². The summed E-state index contributed by atoms with van der Waals surface area (Å²) >= 11 is 6.12. The van der Waals surface area contributed by atoms with Crippen LogP contribution in [0.15, 0.2) is 42.5 Å². The number of rotatable bonds is 5. The van der Waals surface area contributed by atoms with E-state index in [2.05, 4.69) is 15.6 Å². The van der Waals surface area contributed by atoms with Crippen LogP contribution in [-0.4, -0.2) is 28.0 Å². The zero-order chi connectivity index (χ0) is 18.7. The van der Waals surface area contributed by atoms with Crippen molar-refractivity contribution in [2.75, 3.05) is 12.4 Å². The lowest BCUT2D eigenvalue weighted by atomic mass is 10.2. The summed E-state index contributed by atoms with van der Waals surface area (Å²) in [6.07, 6.45) is 0. The summed E-state index contributed by atoms with van der Waals surface area (Å²) in [6.45, 7) is 4.04. The Balaban J connectivity index is 1.97. The molecule has 0 atom stereocenters. The Morgan fingerprint density at radius 3 is 2.73 bits per heavy atom. The normalized spacial score (nSPS) is 10.8. The molecule has 26 heavy (non-hydrogen) atoms. The van der Waals surface area contributed by atoms with Crippen LogP contribution in [0.25, 0.3) is 5.69 Å². The van der Waals surface area contributed by atoms with Gasteiger partial charge < -0.3 is 10.1 Å². The molecule has 0 fully saturated rings. The van der Waals surface area contributed by atoms with Crippen molar-refractivity contribution in [1.82, 2.24) is 15.0 Å². The van der Waals surface area contributed by atoms with Crippen LogP contribution in [0.4, 0.5) is 5.69 Å². The maximum atomic E-state index is 12.8. The molecule has 7 heteroatoms. The van der Waals surface area contributed by atoms with E-state index in [9.17, 15) is 4.79 Å². The molecule has 0 spiro atoms. The van der Waals surface area contributed by atoms with E-state index in [1.165, 1.54) is 0 Å². The highest BCUT2D eigenvalue weighted by Crippen LogP contribution is 2.24. The number of nitrogens with zero attached hydrogens (tertiary/aromatic N) is 3. The Morgan fingerprint density at radius 1 is 1.23 bits per heavy atom. The quantitative estimate of drug-likeness (QED) is 0.738. The van der Waals surface area contributed by atoms with Crippen LogP contribution in [0.3, 0.4) is 0 Å². The molecule has 1 N–H and O–H groups in total. The standard InChI is InChI=1S/C19H19ClN4O2/c1-12-6-4-7-14(10-12)24-17(11-26-3)18(22-23-24)19(25)21-16-9-5-8-15(20)13(16)2/h4-10H,11H2,1-3H3,(H,21,25). The van der Waals surface area contributed by atoms with Crippen LogP contribution in [-0.2, 0) is 11.3 Å². The number of benzene rings is 2. The number of hydrogen-bond donors (Lipinski definition) is 1. The summed E-state index contributed by atoms with van der Waals surface area (Å²) in [6, 6.07) is 13.1. The molecule has 134 valence electrons. The summed E-state index contributed by atoms with van der Waals surface area (Å²) in [5, 5.41) is 11.7. The number of anilines is 1. The number of hydrogen-bond acceptors (Lipinski definition) is 4. The zero-order valence-corrected chi connectivity index (χ0v) is 15.5. The second kappa shape index (κ2) is 7.68. The van der Waals surface area contributed by atoms with Crippen LogP contribution in [0.5, 0.6) is 0 Å². The predicted octanol–water partition coefficient (Wildman–Crippen LogP) is 3.94. The first kappa shape index (κ1) is 18.1. The molecule has 1 amide bonds. The lowest BCUT2D eigenvalue weighted by Crippen LogP contribution is -2.16. The smallest absolute Gasteiger partial charge is 0.278 e. The molecule has 1 heterocycles. The number of methoxy groups -OCH3 is 1. The van der Waals surface area contributed by atoms with Crippen LogP contribution in [0.1, 0.15) is 27.3 Å². The van der Waals surface area contributed by atoms with Gasteiger partial charge in [0, 0.05) is 17.8 Å². The third-order valence-electron chi connectivity index (χ3n) is 4.02. The fourth-order valence-corrected chi connectivity index (χ4v) is 2.81. The molecule has 0 radical (unpaired) electrons. The van der Waals surface area contributed by atoms with Crippen molar-refractivity contribution >= 4 is 23.2 Å². The highest BCUT2D eigenvalue weighted by atomic mass is 35.5. The van der Waals surface area contributed by atoms with Crippen LogP contribution in [0, 0.1) is 13.8 Å². The van der Waals surface area contributed by atoms with E-state index in [0.29, 0.717) is 16.4 Å². The van der Waals surface area contributed by atoms with Crippen molar-refractivity contribution in [3.63, 3.8) is 0 Å². The van der Waals surface area contributed by atoms with Gasteiger partial charge in [0.15, 0.2) is 5.69 Å². The number of aromatic nitrogens is 3. The Kier molecular flexibility index (Phi) is 5.35. The van der Waals surface area contributed by atoms with Gasteiger partial charge >= 0.3 is 0 Å². The van der Waals surface area contributed by atoms with E-state index < -0.39 is 0 Å². The molecule has 0 unspecified atom stereocenters. The Bertz CT molecular complexity index is 952.